The number of nitrogens with one attached hydrogen (secondary N) is 2. The fourth-order valence-electron chi connectivity index (χ4n) is 2.59. The number of benzene rings is 2. The maximum atomic E-state index is 12.4. The fraction of sp³-hybridized carbons (Fsp3) is 0.235. The van der Waals surface area contributed by atoms with Crippen LogP contribution < -0.4 is 10.6 Å². The molecule has 0 saturated carbocycles. The van der Waals surface area contributed by atoms with Gasteiger partial charge in [0.1, 0.15) is 0 Å². The molecule has 0 bridgehead atoms. The predicted molar refractivity (Wildman–Crippen MR) is 90.1 cm³/mol. The van der Waals surface area contributed by atoms with Crippen LogP contribution in [0.4, 0.5) is 11.4 Å². The van der Waals surface area contributed by atoms with Crippen molar-refractivity contribution in [3.63, 3.8) is 0 Å². The van der Waals surface area contributed by atoms with Crippen LogP contribution in [0, 0.1) is 6.92 Å². The molecule has 0 spiro atoms. The molecule has 0 atom stereocenters. The van der Waals surface area contributed by atoms with Crippen molar-refractivity contribution in [3.8, 4) is 0 Å². The van der Waals surface area contributed by atoms with E-state index >= 15 is 0 Å². The zero-order valence-electron chi connectivity index (χ0n) is 11.9. The average molecular weight is 345 g/mol. The number of carbonyl (C=O) groups is 1. The van der Waals surface area contributed by atoms with Crippen molar-refractivity contribution in [2.75, 3.05) is 17.2 Å². The summed E-state index contributed by atoms with van der Waals surface area (Å²) in [6.45, 7) is 2.93. The number of amides is 1. The highest BCUT2D eigenvalue weighted by Gasteiger charge is 2.13. The van der Waals surface area contributed by atoms with Gasteiger partial charge in [-0.1, -0.05) is 28.1 Å². The van der Waals surface area contributed by atoms with E-state index in [1.54, 1.807) is 0 Å². The first-order chi connectivity index (χ1) is 10.1. The molecule has 4 heteroatoms. The van der Waals surface area contributed by atoms with E-state index in [-0.39, 0.29) is 5.91 Å². The molecule has 1 heterocycles. The van der Waals surface area contributed by atoms with Crippen LogP contribution >= 0.6 is 15.9 Å². The molecule has 2 N–H and O–H groups in total. The van der Waals surface area contributed by atoms with Gasteiger partial charge in [-0.2, -0.15) is 0 Å². The normalized spacial score (nSPS) is 13.2. The summed E-state index contributed by atoms with van der Waals surface area (Å²) in [7, 11) is 0. The average Bonchev–Trinajstić information content (AvgIpc) is 2.50. The number of hydrogen-bond donors (Lipinski definition) is 2. The van der Waals surface area contributed by atoms with E-state index in [2.05, 4.69) is 32.6 Å². The topological polar surface area (TPSA) is 41.1 Å². The Bertz CT molecular complexity index is 697. The second-order valence-corrected chi connectivity index (χ2v) is 6.12. The lowest BCUT2D eigenvalue weighted by atomic mass is 10.0. The highest BCUT2D eigenvalue weighted by atomic mass is 79.9. The first-order valence-corrected chi connectivity index (χ1v) is 7.88. The van der Waals surface area contributed by atoms with Crippen LogP contribution in [0.15, 0.2) is 40.9 Å². The van der Waals surface area contributed by atoms with Crippen molar-refractivity contribution in [1.82, 2.24) is 0 Å². The summed E-state index contributed by atoms with van der Waals surface area (Å²) in [6.07, 6.45) is 2.26. The first-order valence-electron chi connectivity index (χ1n) is 7.08. The van der Waals surface area contributed by atoms with E-state index < -0.39 is 0 Å². The third kappa shape index (κ3) is 2.95. The standard InChI is InChI=1S/C17H17BrN2O/c1-11-14(5-2-6-15(11)18)17(21)20-13-8-7-12-4-3-9-19-16(12)10-13/h2,5-8,10,19H,3-4,9H2,1H3,(H,20,21). The number of aryl methyl sites for hydroxylation is 1. The van der Waals surface area contributed by atoms with Crippen LogP contribution in [0.3, 0.4) is 0 Å². The molecule has 0 saturated heterocycles. The van der Waals surface area contributed by atoms with E-state index in [0.717, 1.165) is 40.8 Å². The SMILES string of the molecule is Cc1c(Br)cccc1C(=O)Nc1ccc2c(c1)NCCC2. The number of carbonyl (C=O) groups excluding carboxylic acids is 1. The van der Waals surface area contributed by atoms with E-state index in [4.69, 9.17) is 0 Å². The third-order valence-electron chi connectivity index (χ3n) is 3.82. The van der Waals surface area contributed by atoms with Crippen molar-refractivity contribution in [3.05, 3.63) is 57.6 Å². The molecule has 1 aliphatic rings. The third-order valence-corrected chi connectivity index (χ3v) is 4.68. The molecule has 0 aliphatic carbocycles. The lowest BCUT2D eigenvalue weighted by molar-refractivity contribution is 0.102. The van der Waals surface area contributed by atoms with Gasteiger partial charge in [-0.05, 0) is 55.2 Å². The quantitative estimate of drug-likeness (QED) is 0.849. The van der Waals surface area contributed by atoms with Crippen molar-refractivity contribution in [2.24, 2.45) is 0 Å². The van der Waals surface area contributed by atoms with Crippen LogP contribution in [-0.4, -0.2) is 12.5 Å². The van der Waals surface area contributed by atoms with E-state index in [1.165, 1.54) is 5.56 Å². The molecule has 0 aromatic heterocycles. The van der Waals surface area contributed by atoms with E-state index in [9.17, 15) is 4.79 Å². The maximum absolute atomic E-state index is 12.4. The molecular weight excluding hydrogens is 328 g/mol. The fourth-order valence-corrected chi connectivity index (χ4v) is 2.96. The van der Waals surface area contributed by atoms with Crippen LogP contribution in [0.25, 0.3) is 0 Å². The van der Waals surface area contributed by atoms with E-state index in [0.29, 0.717) is 5.56 Å². The molecule has 108 valence electrons. The molecule has 2 aromatic rings. The summed E-state index contributed by atoms with van der Waals surface area (Å²) in [5.41, 5.74) is 4.91. The highest BCUT2D eigenvalue weighted by molar-refractivity contribution is 9.10. The lowest BCUT2D eigenvalue weighted by Crippen LogP contribution is -2.15. The Kier molecular flexibility index (Phi) is 3.97. The smallest absolute Gasteiger partial charge is 0.255 e. The molecule has 0 fully saturated rings. The molecule has 2 aromatic carbocycles. The maximum Gasteiger partial charge on any atom is 0.255 e. The molecular formula is C17H17BrN2O. The Morgan fingerprint density at radius 1 is 1.29 bits per heavy atom. The van der Waals surface area contributed by atoms with Gasteiger partial charge in [-0.15, -0.1) is 0 Å². The number of anilines is 2. The van der Waals surface area contributed by atoms with Gasteiger partial charge in [0, 0.05) is 28.0 Å². The molecule has 3 rings (SSSR count). The van der Waals surface area contributed by atoms with Crippen molar-refractivity contribution in [2.45, 2.75) is 19.8 Å². The van der Waals surface area contributed by atoms with E-state index in [1.807, 2.05) is 37.3 Å². The van der Waals surface area contributed by atoms with Gasteiger partial charge in [0.25, 0.3) is 5.91 Å². The molecule has 1 aliphatic heterocycles. The predicted octanol–water partition coefficient (Wildman–Crippen LogP) is 4.37. The minimum atomic E-state index is -0.0791. The molecule has 1 amide bonds. The number of halogens is 1. The second-order valence-electron chi connectivity index (χ2n) is 5.27. The summed E-state index contributed by atoms with van der Waals surface area (Å²) in [5.74, 6) is -0.0791. The van der Waals surface area contributed by atoms with Crippen LogP contribution in [-0.2, 0) is 6.42 Å². The van der Waals surface area contributed by atoms with Crippen LogP contribution in [0.2, 0.25) is 0 Å². The summed E-state index contributed by atoms with van der Waals surface area (Å²) < 4.78 is 0.947. The molecule has 0 unspecified atom stereocenters. The summed E-state index contributed by atoms with van der Waals surface area (Å²) in [5, 5.41) is 6.35. The van der Waals surface area contributed by atoms with Gasteiger partial charge in [-0.3, -0.25) is 4.79 Å². The Balaban J connectivity index is 1.83. The lowest BCUT2D eigenvalue weighted by Gasteiger charge is -2.19. The Morgan fingerprint density at radius 3 is 3.00 bits per heavy atom. The van der Waals surface area contributed by atoms with Gasteiger partial charge < -0.3 is 10.6 Å². The van der Waals surface area contributed by atoms with Gasteiger partial charge in [-0.25, -0.2) is 0 Å². The number of fused-ring (bicyclic) bond motifs is 1. The minimum absolute atomic E-state index is 0.0791. The largest absolute Gasteiger partial charge is 0.385 e. The molecule has 0 radical (unpaired) electrons. The van der Waals surface area contributed by atoms with Crippen molar-refractivity contribution in [1.29, 1.82) is 0 Å². The Labute approximate surface area is 132 Å². The van der Waals surface area contributed by atoms with Gasteiger partial charge in [0.05, 0.1) is 0 Å². The van der Waals surface area contributed by atoms with Crippen LogP contribution in [0.1, 0.15) is 27.9 Å². The van der Waals surface area contributed by atoms with Crippen molar-refractivity contribution >= 4 is 33.2 Å². The number of rotatable bonds is 2. The summed E-state index contributed by atoms with van der Waals surface area (Å²) >= 11 is 3.46. The zero-order valence-corrected chi connectivity index (χ0v) is 13.5. The first kappa shape index (κ1) is 14.1. The van der Waals surface area contributed by atoms with Gasteiger partial charge in [0.15, 0.2) is 0 Å². The van der Waals surface area contributed by atoms with Crippen molar-refractivity contribution < 1.29 is 4.79 Å². The summed E-state index contributed by atoms with van der Waals surface area (Å²) in [4.78, 5) is 12.4. The summed E-state index contributed by atoms with van der Waals surface area (Å²) in [6, 6.07) is 11.7. The Morgan fingerprint density at radius 2 is 2.14 bits per heavy atom. The van der Waals surface area contributed by atoms with Gasteiger partial charge in [0.2, 0.25) is 0 Å². The monoisotopic (exact) mass is 344 g/mol. The molecule has 3 nitrogen and oxygen atoms in total. The molecule has 21 heavy (non-hydrogen) atoms. The minimum Gasteiger partial charge on any atom is -0.385 e. The zero-order chi connectivity index (χ0) is 14.8. The second kappa shape index (κ2) is 5.90. The van der Waals surface area contributed by atoms with Gasteiger partial charge >= 0.3 is 0 Å². The highest BCUT2D eigenvalue weighted by Crippen LogP contribution is 2.26. The van der Waals surface area contributed by atoms with Crippen LogP contribution in [0.5, 0.6) is 0 Å². The Hall–Kier alpha value is -1.81. The number of hydrogen-bond acceptors (Lipinski definition) is 2.